The summed E-state index contributed by atoms with van der Waals surface area (Å²) in [5.74, 6) is 0. The Morgan fingerprint density at radius 3 is 2.62 bits per heavy atom. The second kappa shape index (κ2) is 7.45. The molecular formula is C17H20N2O2. The number of hydrogen-bond acceptors (Lipinski definition) is 2. The van der Waals surface area contributed by atoms with Crippen LogP contribution in [0.25, 0.3) is 0 Å². The summed E-state index contributed by atoms with van der Waals surface area (Å²) < 4.78 is 0. The summed E-state index contributed by atoms with van der Waals surface area (Å²) in [6, 6.07) is 17.0. The number of aryl methyl sites for hydroxylation is 1. The van der Waals surface area contributed by atoms with E-state index in [1.165, 1.54) is 0 Å². The topological polar surface area (TPSA) is 61.4 Å². The first-order valence-electron chi connectivity index (χ1n) is 6.97. The van der Waals surface area contributed by atoms with Crippen LogP contribution < -0.4 is 10.6 Å². The fourth-order valence-electron chi connectivity index (χ4n) is 2.07. The van der Waals surface area contributed by atoms with E-state index in [0.29, 0.717) is 6.42 Å². The summed E-state index contributed by atoms with van der Waals surface area (Å²) >= 11 is 0. The van der Waals surface area contributed by atoms with E-state index in [2.05, 4.69) is 10.6 Å². The zero-order chi connectivity index (χ0) is 15.1. The first-order chi connectivity index (χ1) is 10.1. The standard InChI is InChI=1S/C17H20N2O2/c1-13-6-5-9-15(10-13)19-17(21)18-12-16(20)11-14-7-3-2-4-8-14/h2-10,16,20H,11-12H2,1H3,(H2,18,19,21)/t16-/m1/s1. The third-order valence-corrected chi connectivity index (χ3v) is 3.09. The first-order valence-corrected chi connectivity index (χ1v) is 6.97. The van der Waals surface area contributed by atoms with E-state index in [1.54, 1.807) is 0 Å². The van der Waals surface area contributed by atoms with Crippen LogP contribution in [-0.2, 0) is 6.42 Å². The highest BCUT2D eigenvalue weighted by Crippen LogP contribution is 2.09. The van der Waals surface area contributed by atoms with Crippen molar-refractivity contribution in [2.24, 2.45) is 0 Å². The smallest absolute Gasteiger partial charge is 0.319 e. The Morgan fingerprint density at radius 2 is 1.90 bits per heavy atom. The van der Waals surface area contributed by atoms with E-state index >= 15 is 0 Å². The second-order valence-electron chi connectivity index (χ2n) is 5.05. The average Bonchev–Trinajstić information content (AvgIpc) is 2.46. The van der Waals surface area contributed by atoms with Gasteiger partial charge in [-0.2, -0.15) is 0 Å². The predicted octanol–water partition coefficient (Wildman–Crippen LogP) is 2.72. The van der Waals surface area contributed by atoms with Gasteiger partial charge in [-0.3, -0.25) is 0 Å². The minimum absolute atomic E-state index is 0.215. The monoisotopic (exact) mass is 284 g/mol. The highest BCUT2D eigenvalue weighted by Gasteiger charge is 2.08. The molecule has 0 aliphatic rings. The van der Waals surface area contributed by atoms with Gasteiger partial charge in [-0.05, 0) is 30.2 Å². The SMILES string of the molecule is Cc1cccc(NC(=O)NC[C@H](O)Cc2ccccc2)c1. The van der Waals surface area contributed by atoms with Crippen molar-refractivity contribution < 1.29 is 9.90 Å². The molecule has 1 atom stereocenters. The molecule has 0 bridgehead atoms. The number of carbonyl (C=O) groups excluding carboxylic acids is 1. The fourth-order valence-corrected chi connectivity index (χ4v) is 2.07. The Balaban J connectivity index is 1.76. The lowest BCUT2D eigenvalue weighted by atomic mass is 10.1. The molecule has 3 N–H and O–H groups in total. The molecule has 2 aromatic carbocycles. The molecule has 4 heteroatoms. The molecule has 2 rings (SSSR count). The van der Waals surface area contributed by atoms with Gasteiger partial charge in [0, 0.05) is 18.7 Å². The van der Waals surface area contributed by atoms with Gasteiger partial charge in [0.15, 0.2) is 0 Å². The van der Waals surface area contributed by atoms with Gasteiger partial charge in [-0.15, -0.1) is 0 Å². The molecule has 0 saturated carbocycles. The van der Waals surface area contributed by atoms with Crippen LogP contribution in [0.4, 0.5) is 10.5 Å². The van der Waals surface area contributed by atoms with Gasteiger partial charge < -0.3 is 15.7 Å². The molecule has 4 nitrogen and oxygen atoms in total. The molecule has 110 valence electrons. The summed E-state index contributed by atoms with van der Waals surface area (Å²) in [6.07, 6.45) is -0.0818. The number of hydrogen-bond donors (Lipinski definition) is 3. The van der Waals surface area contributed by atoms with Crippen molar-refractivity contribution in [3.05, 3.63) is 65.7 Å². The molecule has 21 heavy (non-hydrogen) atoms. The zero-order valence-corrected chi connectivity index (χ0v) is 12.0. The van der Waals surface area contributed by atoms with Crippen molar-refractivity contribution >= 4 is 11.7 Å². The average molecular weight is 284 g/mol. The van der Waals surface area contributed by atoms with Crippen molar-refractivity contribution in [1.82, 2.24) is 5.32 Å². The van der Waals surface area contributed by atoms with Crippen LogP contribution in [0.15, 0.2) is 54.6 Å². The van der Waals surface area contributed by atoms with E-state index in [-0.39, 0.29) is 12.6 Å². The Bertz CT molecular complexity index is 584. The fraction of sp³-hybridized carbons (Fsp3) is 0.235. The van der Waals surface area contributed by atoms with E-state index in [4.69, 9.17) is 0 Å². The number of nitrogens with one attached hydrogen (secondary N) is 2. The maximum Gasteiger partial charge on any atom is 0.319 e. The maximum absolute atomic E-state index is 11.7. The maximum atomic E-state index is 11.7. The molecule has 2 amide bonds. The molecule has 0 unspecified atom stereocenters. The number of carbonyl (C=O) groups is 1. The van der Waals surface area contributed by atoms with E-state index in [9.17, 15) is 9.90 Å². The number of anilines is 1. The summed E-state index contributed by atoms with van der Waals surface area (Å²) in [4.78, 5) is 11.7. The zero-order valence-electron chi connectivity index (χ0n) is 12.0. The van der Waals surface area contributed by atoms with Crippen LogP contribution in [-0.4, -0.2) is 23.8 Å². The summed E-state index contributed by atoms with van der Waals surface area (Å²) in [7, 11) is 0. The Kier molecular flexibility index (Phi) is 5.35. The van der Waals surface area contributed by atoms with Crippen molar-refractivity contribution in [2.45, 2.75) is 19.4 Å². The lowest BCUT2D eigenvalue weighted by molar-refractivity contribution is 0.172. The van der Waals surface area contributed by atoms with Crippen LogP contribution in [0.1, 0.15) is 11.1 Å². The molecule has 2 aromatic rings. The van der Waals surface area contributed by atoms with E-state index in [0.717, 1.165) is 16.8 Å². The van der Waals surface area contributed by atoms with E-state index < -0.39 is 6.10 Å². The van der Waals surface area contributed by atoms with Crippen LogP contribution in [0.5, 0.6) is 0 Å². The van der Waals surface area contributed by atoms with Gasteiger partial charge in [-0.1, -0.05) is 42.5 Å². The van der Waals surface area contributed by atoms with Crippen molar-refractivity contribution in [1.29, 1.82) is 0 Å². The molecule has 0 saturated heterocycles. The molecular weight excluding hydrogens is 264 g/mol. The largest absolute Gasteiger partial charge is 0.391 e. The number of rotatable bonds is 5. The highest BCUT2D eigenvalue weighted by atomic mass is 16.3. The predicted molar refractivity (Wildman–Crippen MR) is 84.4 cm³/mol. The van der Waals surface area contributed by atoms with Crippen molar-refractivity contribution in [3.63, 3.8) is 0 Å². The highest BCUT2D eigenvalue weighted by molar-refractivity contribution is 5.89. The molecule has 0 aromatic heterocycles. The van der Waals surface area contributed by atoms with Crippen LogP contribution >= 0.6 is 0 Å². The minimum atomic E-state index is -0.601. The molecule has 0 spiro atoms. The van der Waals surface area contributed by atoms with Gasteiger partial charge in [0.05, 0.1) is 6.10 Å². The summed E-state index contributed by atoms with van der Waals surface area (Å²) in [6.45, 7) is 2.18. The molecule has 0 fully saturated rings. The summed E-state index contributed by atoms with van der Waals surface area (Å²) in [5.41, 5.74) is 2.87. The quantitative estimate of drug-likeness (QED) is 0.790. The van der Waals surface area contributed by atoms with Gasteiger partial charge in [-0.25, -0.2) is 4.79 Å². The minimum Gasteiger partial charge on any atom is -0.391 e. The van der Waals surface area contributed by atoms with E-state index in [1.807, 2.05) is 61.5 Å². The number of urea groups is 1. The van der Waals surface area contributed by atoms with Gasteiger partial charge >= 0.3 is 6.03 Å². The lowest BCUT2D eigenvalue weighted by Crippen LogP contribution is -2.36. The van der Waals surface area contributed by atoms with Crippen molar-refractivity contribution in [3.8, 4) is 0 Å². The normalized spacial score (nSPS) is 11.7. The molecule has 0 heterocycles. The Labute approximate surface area is 124 Å². The Morgan fingerprint density at radius 1 is 1.14 bits per heavy atom. The third kappa shape index (κ3) is 5.28. The molecule has 0 aliphatic carbocycles. The molecule has 0 aliphatic heterocycles. The molecule has 0 radical (unpaired) electrons. The van der Waals surface area contributed by atoms with Gasteiger partial charge in [0.1, 0.15) is 0 Å². The summed E-state index contributed by atoms with van der Waals surface area (Å²) in [5, 5.41) is 15.3. The number of aliphatic hydroxyl groups excluding tert-OH is 1. The van der Waals surface area contributed by atoms with Crippen LogP contribution in [0.3, 0.4) is 0 Å². The van der Waals surface area contributed by atoms with Crippen LogP contribution in [0, 0.1) is 6.92 Å². The van der Waals surface area contributed by atoms with Gasteiger partial charge in [0.25, 0.3) is 0 Å². The number of benzene rings is 2. The lowest BCUT2D eigenvalue weighted by Gasteiger charge is -2.13. The first kappa shape index (κ1) is 15.1. The Hall–Kier alpha value is -2.33. The second-order valence-corrected chi connectivity index (χ2v) is 5.05. The van der Waals surface area contributed by atoms with Crippen molar-refractivity contribution in [2.75, 3.05) is 11.9 Å². The number of amides is 2. The van der Waals surface area contributed by atoms with Crippen LogP contribution in [0.2, 0.25) is 0 Å². The third-order valence-electron chi connectivity index (χ3n) is 3.09. The number of aliphatic hydroxyl groups is 1. The van der Waals surface area contributed by atoms with Gasteiger partial charge in [0.2, 0.25) is 0 Å².